The molecule has 1 N–H and O–H groups in total. The Morgan fingerprint density at radius 3 is 2.24 bits per heavy atom. The molecule has 4 rings (SSSR count). The van der Waals surface area contributed by atoms with E-state index < -0.39 is 17.6 Å². The number of likely N-dealkylation sites (N-methyl/N-ethyl adjacent to an activating group) is 1. The van der Waals surface area contributed by atoms with Gasteiger partial charge in [0, 0.05) is 24.0 Å². The Morgan fingerprint density at radius 1 is 0.939 bits per heavy atom. The van der Waals surface area contributed by atoms with Gasteiger partial charge in [0.25, 0.3) is 5.91 Å². The number of para-hydroxylation sites is 1. The molecular weight excluding hydrogens is 419 g/mol. The van der Waals surface area contributed by atoms with E-state index in [0.717, 1.165) is 11.3 Å². The lowest BCUT2D eigenvalue weighted by molar-refractivity contribution is -0.116. The summed E-state index contributed by atoms with van der Waals surface area (Å²) in [7, 11) is 0. The zero-order valence-corrected chi connectivity index (χ0v) is 18.1. The molecule has 0 saturated heterocycles. The number of imidazole rings is 1. The minimum atomic E-state index is -0.617. The van der Waals surface area contributed by atoms with Crippen LogP contribution in [0.15, 0.2) is 91.1 Å². The molecule has 0 fully saturated rings. The summed E-state index contributed by atoms with van der Waals surface area (Å²) in [5, 5.41) is 2.81. The second kappa shape index (κ2) is 9.91. The van der Waals surface area contributed by atoms with Gasteiger partial charge in [-0.05, 0) is 31.2 Å². The SMILES string of the molecule is CCN(CC(=O)Nc1nc(-c2ccccc2)cn1-c1ccccc1)C(=O)c1ccccc1F. The van der Waals surface area contributed by atoms with Gasteiger partial charge in [-0.15, -0.1) is 0 Å². The van der Waals surface area contributed by atoms with Gasteiger partial charge in [-0.2, -0.15) is 0 Å². The van der Waals surface area contributed by atoms with Gasteiger partial charge in [0.1, 0.15) is 12.4 Å². The predicted molar refractivity (Wildman–Crippen MR) is 126 cm³/mol. The molecule has 0 saturated carbocycles. The van der Waals surface area contributed by atoms with Crippen molar-refractivity contribution in [1.29, 1.82) is 0 Å². The van der Waals surface area contributed by atoms with E-state index in [1.807, 2.05) is 66.9 Å². The smallest absolute Gasteiger partial charge is 0.257 e. The molecule has 0 aliphatic heterocycles. The van der Waals surface area contributed by atoms with Crippen LogP contribution in [0.25, 0.3) is 16.9 Å². The lowest BCUT2D eigenvalue weighted by Crippen LogP contribution is -2.38. The normalized spacial score (nSPS) is 10.6. The first kappa shape index (κ1) is 22.0. The van der Waals surface area contributed by atoms with E-state index in [-0.39, 0.29) is 18.7 Å². The summed E-state index contributed by atoms with van der Waals surface area (Å²) in [6.45, 7) is 1.76. The third-order valence-corrected chi connectivity index (χ3v) is 5.17. The van der Waals surface area contributed by atoms with Crippen LogP contribution in [0.1, 0.15) is 17.3 Å². The summed E-state index contributed by atoms with van der Waals surface area (Å²) in [6, 6.07) is 24.9. The predicted octanol–water partition coefficient (Wildman–Crippen LogP) is 4.78. The van der Waals surface area contributed by atoms with E-state index in [0.29, 0.717) is 11.6 Å². The number of rotatable bonds is 7. The maximum atomic E-state index is 14.1. The number of benzene rings is 3. The third kappa shape index (κ3) is 4.98. The van der Waals surface area contributed by atoms with Gasteiger partial charge < -0.3 is 4.90 Å². The van der Waals surface area contributed by atoms with E-state index in [2.05, 4.69) is 10.3 Å². The number of amides is 2. The number of halogens is 1. The van der Waals surface area contributed by atoms with Gasteiger partial charge >= 0.3 is 0 Å². The molecule has 0 unspecified atom stereocenters. The van der Waals surface area contributed by atoms with E-state index in [4.69, 9.17) is 0 Å². The zero-order valence-electron chi connectivity index (χ0n) is 18.1. The molecule has 3 aromatic carbocycles. The fraction of sp³-hybridized carbons (Fsp3) is 0.115. The Kier molecular flexibility index (Phi) is 6.59. The minimum absolute atomic E-state index is 0.0655. The van der Waals surface area contributed by atoms with E-state index >= 15 is 0 Å². The Labute approximate surface area is 191 Å². The molecule has 0 bridgehead atoms. The minimum Gasteiger partial charge on any atom is -0.330 e. The van der Waals surface area contributed by atoms with Crippen LogP contribution in [0, 0.1) is 5.82 Å². The highest BCUT2D eigenvalue weighted by Gasteiger charge is 2.21. The summed E-state index contributed by atoms with van der Waals surface area (Å²) in [6.07, 6.45) is 1.85. The molecule has 0 aliphatic rings. The summed E-state index contributed by atoms with van der Waals surface area (Å²) < 4.78 is 15.9. The molecule has 0 radical (unpaired) electrons. The highest BCUT2D eigenvalue weighted by molar-refractivity contribution is 5.99. The number of anilines is 1. The number of carbonyl (C=O) groups is 2. The van der Waals surface area contributed by atoms with Gasteiger partial charge in [-0.1, -0.05) is 60.7 Å². The van der Waals surface area contributed by atoms with Crippen molar-refractivity contribution in [2.45, 2.75) is 6.92 Å². The van der Waals surface area contributed by atoms with Crippen molar-refractivity contribution < 1.29 is 14.0 Å². The molecule has 6 nitrogen and oxygen atoms in total. The van der Waals surface area contributed by atoms with Crippen LogP contribution < -0.4 is 5.32 Å². The van der Waals surface area contributed by atoms with E-state index in [1.54, 1.807) is 17.6 Å². The first-order chi connectivity index (χ1) is 16.1. The Morgan fingerprint density at radius 2 is 1.58 bits per heavy atom. The Bertz CT molecular complexity index is 1260. The number of hydrogen-bond donors (Lipinski definition) is 1. The lowest BCUT2D eigenvalue weighted by atomic mass is 10.2. The standard InChI is InChI=1S/C26H23FN4O2/c1-2-30(25(33)21-15-9-10-16-22(21)27)18-24(32)29-26-28-23(19-11-5-3-6-12-19)17-31(26)20-13-7-4-8-14-20/h3-17H,2,18H2,1H3,(H,28,29,32). The first-order valence-corrected chi connectivity index (χ1v) is 10.6. The van der Waals surface area contributed by atoms with Crippen molar-refractivity contribution >= 4 is 17.8 Å². The lowest BCUT2D eigenvalue weighted by Gasteiger charge is -2.20. The molecular formula is C26H23FN4O2. The van der Waals surface area contributed by atoms with Gasteiger partial charge in [-0.3, -0.25) is 19.5 Å². The molecule has 1 heterocycles. The molecule has 0 atom stereocenters. The van der Waals surface area contributed by atoms with Crippen LogP contribution in [-0.2, 0) is 4.79 Å². The fourth-order valence-electron chi connectivity index (χ4n) is 3.47. The number of carbonyl (C=O) groups excluding carboxylic acids is 2. The van der Waals surface area contributed by atoms with Crippen LogP contribution in [0.2, 0.25) is 0 Å². The summed E-state index contributed by atoms with van der Waals surface area (Å²) in [5.41, 5.74) is 2.37. The molecule has 33 heavy (non-hydrogen) atoms. The quantitative estimate of drug-likeness (QED) is 0.448. The van der Waals surface area contributed by atoms with Crippen LogP contribution in [0.4, 0.5) is 10.3 Å². The average molecular weight is 442 g/mol. The maximum Gasteiger partial charge on any atom is 0.257 e. The molecule has 7 heteroatoms. The van der Waals surface area contributed by atoms with E-state index in [1.165, 1.54) is 23.1 Å². The van der Waals surface area contributed by atoms with Crippen LogP contribution in [-0.4, -0.2) is 39.4 Å². The molecule has 4 aromatic rings. The third-order valence-electron chi connectivity index (χ3n) is 5.17. The highest BCUT2D eigenvalue weighted by atomic mass is 19.1. The molecule has 0 aliphatic carbocycles. The van der Waals surface area contributed by atoms with Gasteiger partial charge in [-0.25, -0.2) is 9.37 Å². The molecule has 2 amide bonds. The topological polar surface area (TPSA) is 67.2 Å². The second-order valence-electron chi connectivity index (χ2n) is 7.37. The van der Waals surface area contributed by atoms with Crippen molar-refractivity contribution in [1.82, 2.24) is 14.5 Å². The second-order valence-corrected chi connectivity index (χ2v) is 7.37. The van der Waals surface area contributed by atoms with Crippen LogP contribution in [0.5, 0.6) is 0 Å². The zero-order chi connectivity index (χ0) is 23.2. The highest BCUT2D eigenvalue weighted by Crippen LogP contribution is 2.24. The summed E-state index contributed by atoms with van der Waals surface area (Å²) in [4.78, 5) is 31.5. The number of nitrogens with one attached hydrogen (secondary N) is 1. The Balaban J connectivity index is 1.58. The monoisotopic (exact) mass is 442 g/mol. The maximum absolute atomic E-state index is 14.1. The van der Waals surface area contributed by atoms with Crippen LogP contribution in [0.3, 0.4) is 0 Å². The number of hydrogen-bond acceptors (Lipinski definition) is 3. The molecule has 1 aromatic heterocycles. The van der Waals surface area contributed by atoms with Gasteiger partial charge in [0.15, 0.2) is 0 Å². The number of nitrogens with zero attached hydrogens (tertiary/aromatic N) is 3. The number of aromatic nitrogens is 2. The van der Waals surface area contributed by atoms with Crippen molar-refractivity contribution in [2.24, 2.45) is 0 Å². The van der Waals surface area contributed by atoms with Crippen molar-refractivity contribution in [3.05, 3.63) is 103 Å². The summed E-state index contributed by atoms with van der Waals surface area (Å²) in [5.74, 6) is -1.25. The van der Waals surface area contributed by atoms with Gasteiger partial charge in [0.05, 0.1) is 11.3 Å². The molecule has 166 valence electrons. The first-order valence-electron chi connectivity index (χ1n) is 10.6. The van der Waals surface area contributed by atoms with Gasteiger partial charge in [0.2, 0.25) is 11.9 Å². The van der Waals surface area contributed by atoms with Crippen molar-refractivity contribution in [2.75, 3.05) is 18.4 Å². The largest absolute Gasteiger partial charge is 0.330 e. The van der Waals surface area contributed by atoms with E-state index in [9.17, 15) is 14.0 Å². The summed E-state index contributed by atoms with van der Waals surface area (Å²) >= 11 is 0. The van der Waals surface area contributed by atoms with Crippen LogP contribution >= 0.6 is 0 Å². The fourth-order valence-corrected chi connectivity index (χ4v) is 3.47. The molecule has 0 spiro atoms. The average Bonchev–Trinajstić information content (AvgIpc) is 3.27. The van der Waals surface area contributed by atoms with Crippen molar-refractivity contribution in [3.8, 4) is 16.9 Å². The Hall–Kier alpha value is -4.26. The van der Waals surface area contributed by atoms with Crippen molar-refractivity contribution in [3.63, 3.8) is 0 Å².